The summed E-state index contributed by atoms with van der Waals surface area (Å²) < 4.78 is 0. The van der Waals surface area contributed by atoms with Crippen molar-refractivity contribution in [1.82, 2.24) is 4.98 Å². The molecule has 1 aliphatic rings. The first-order valence-electron chi connectivity index (χ1n) is 6.33. The lowest BCUT2D eigenvalue weighted by atomic mass is 10.1. The standard InChI is InChI=1S/C15H15N3O/c1-11-3-2-6-18(11)14-5-4-12-8-15(17-10-19)16-9-13(12)7-14/h4-5,7-10H,1-3,6H2,(H,16,17,19). The predicted octanol–water partition coefficient (Wildman–Crippen LogP) is 2.92. The van der Waals surface area contributed by atoms with Crippen molar-refractivity contribution in [3.05, 3.63) is 42.7 Å². The number of hydrogen-bond donors (Lipinski definition) is 1. The van der Waals surface area contributed by atoms with E-state index in [-0.39, 0.29) is 0 Å². The molecule has 2 heterocycles. The molecular formula is C15H15N3O. The zero-order chi connectivity index (χ0) is 13.2. The second kappa shape index (κ2) is 4.72. The minimum absolute atomic E-state index is 0.570. The summed E-state index contributed by atoms with van der Waals surface area (Å²) in [6.45, 7) is 5.12. The molecule has 0 saturated carbocycles. The Labute approximate surface area is 111 Å². The highest BCUT2D eigenvalue weighted by Gasteiger charge is 2.16. The number of rotatable bonds is 3. The van der Waals surface area contributed by atoms with Crippen LogP contribution in [0.2, 0.25) is 0 Å². The highest BCUT2D eigenvalue weighted by Crippen LogP contribution is 2.30. The first-order chi connectivity index (χ1) is 9.28. The van der Waals surface area contributed by atoms with Gasteiger partial charge in [0, 0.05) is 29.5 Å². The van der Waals surface area contributed by atoms with Gasteiger partial charge in [0.1, 0.15) is 5.82 Å². The molecule has 0 spiro atoms. The molecule has 19 heavy (non-hydrogen) atoms. The fourth-order valence-corrected chi connectivity index (χ4v) is 2.48. The molecule has 0 bridgehead atoms. The van der Waals surface area contributed by atoms with E-state index in [0.717, 1.165) is 35.8 Å². The number of anilines is 2. The van der Waals surface area contributed by atoms with Crippen molar-refractivity contribution in [2.45, 2.75) is 12.8 Å². The molecule has 1 saturated heterocycles. The summed E-state index contributed by atoms with van der Waals surface area (Å²) in [6.07, 6.45) is 4.65. The Morgan fingerprint density at radius 1 is 1.32 bits per heavy atom. The fourth-order valence-electron chi connectivity index (χ4n) is 2.48. The van der Waals surface area contributed by atoms with Gasteiger partial charge in [0.05, 0.1) is 0 Å². The topological polar surface area (TPSA) is 45.2 Å². The van der Waals surface area contributed by atoms with Crippen LogP contribution in [0.4, 0.5) is 11.5 Å². The fraction of sp³-hybridized carbons (Fsp3) is 0.200. The lowest BCUT2D eigenvalue weighted by Gasteiger charge is -2.19. The number of nitrogens with zero attached hydrogens (tertiary/aromatic N) is 2. The van der Waals surface area contributed by atoms with Crippen LogP contribution in [0, 0.1) is 0 Å². The Kier molecular flexibility index (Phi) is 2.91. The molecule has 0 atom stereocenters. The van der Waals surface area contributed by atoms with Crippen LogP contribution < -0.4 is 10.2 Å². The SMILES string of the molecule is C=C1CCCN1c1ccc2cc(NC=O)ncc2c1. The molecule has 1 fully saturated rings. The normalized spacial score (nSPS) is 14.9. The minimum Gasteiger partial charge on any atom is -0.346 e. The van der Waals surface area contributed by atoms with Crippen LogP contribution in [-0.4, -0.2) is 17.9 Å². The molecule has 4 heteroatoms. The molecule has 2 aromatic rings. The Morgan fingerprint density at radius 2 is 2.21 bits per heavy atom. The zero-order valence-electron chi connectivity index (χ0n) is 10.6. The minimum atomic E-state index is 0.570. The van der Waals surface area contributed by atoms with Crippen LogP contribution in [0.15, 0.2) is 42.7 Å². The van der Waals surface area contributed by atoms with Gasteiger partial charge in [-0.15, -0.1) is 0 Å². The van der Waals surface area contributed by atoms with E-state index in [2.05, 4.69) is 33.9 Å². The summed E-state index contributed by atoms with van der Waals surface area (Å²) >= 11 is 0. The average Bonchev–Trinajstić information content (AvgIpc) is 2.85. The third kappa shape index (κ3) is 2.17. The highest BCUT2D eigenvalue weighted by atomic mass is 16.1. The summed E-state index contributed by atoms with van der Waals surface area (Å²) in [4.78, 5) is 16.9. The molecule has 0 unspecified atom stereocenters. The number of allylic oxidation sites excluding steroid dienone is 1. The number of carbonyl (C=O) groups excluding carboxylic acids is 1. The summed E-state index contributed by atoms with van der Waals surface area (Å²) in [5, 5.41) is 4.69. The molecule has 0 radical (unpaired) electrons. The van der Waals surface area contributed by atoms with Gasteiger partial charge < -0.3 is 10.2 Å². The quantitative estimate of drug-likeness (QED) is 0.855. The van der Waals surface area contributed by atoms with Gasteiger partial charge in [-0.05, 0) is 36.4 Å². The first-order valence-corrected chi connectivity index (χ1v) is 6.33. The van der Waals surface area contributed by atoms with E-state index in [0.29, 0.717) is 12.2 Å². The number of amides is 1. The molecule has 3 rings (SSSR count). The number of pyridine rings is 1. The van der Waals surface area contributed by atoms with Crippen LogP contribution >= 0.6 is 0 Å². The maximum atomic E-state index is 10.4. The van der Waals surface area contributed by atoms with Crippen molar-refractivity contribution >= 4 is 28.7 Å². The van der Waals surface area contributed by atoms with Crippen LogP contribution in [0.3, 0.4) is 0 Å². The number of hydrogen-bond acceptors (Lipinski definition) is 3. The molecule has 1 N–H and O–H groups in total. The molecule has 4 nitrogen and oxygen atoms in total. The molecular weight excluding hydrogens is 238 g/mol. The predicted molar refractivity (Wildman–Crippen MR) is 77.1 cm³/mol. The lowest BCUT2D eigenvalue weighted by molar-refractivity contribution is -0.105. The van der Waals surface area contributed by atoms with Gasteiger partial charge in [0.15, 0.2) is 0 Å². The molecule has 96 valence electrons. The van der Waals surface area contributed by atoms with Crippen LogP contribution in [-0.2, 0) is 4.79 Å². The summed E-state index contributed by atoms with van der Waals surface area (Å²) in [7, 11) is 0. The average molecular weight is 253 g/mol. The van der Waals surface area contributed by atoms with Gasteiger partial charge in [-0.2, -0.15) is 0 Å². The largest absolute Gasteiger partial charge is 0.346 e. The van der Waals surface area contributed by atoms with Gasteiger partial charge in [0.25, 0.3) is 0 Å². The van der Waals surface area contributed by atoms with Crippen molar-refractivity contribution in [3.8, 4) is 0 Å². The first kappa shape index (κ1) is 11.7. The third-order valence-corrected chi connectivity index (χ3v) is 3.45. The van der Waals surface area contributed by atoms with E-state index in [1.807, 2.05) is 12.1 Å². The number of nitrogens with one attached hydrogen (secondary N) is 1. The van der Waals surface area contributed by atoms with Crippen LogP contribution in [0.25, 0.3) is 10.8 Å². The van der Waals surface area contributed by atoms with E-state index < -0.39 is 0 Å². The number of carbonyl (C=O) groups is 1. The van der Waals surface area contributed by atoms with Gasteiger partial charge in [-0.3, -0.25) is 4.79 Å². The number of aromatic nitrogens is 1. The summed E-state index contributed by atoms with van der Waals surface area (Å²) in [5.74, 6) is 0.570. The lowest BCUT2D eigenvalue weighted by Crippen LogP contribution is -2.15. The maximum Gasteiger partial charge on any atom is 0.212 e. The zero-order valence-corrected chi connectivity index (χ0v) is 10.6. The smallest absolute Gasteiger partial charge is 0.212 e. The van der Waals surface area contributed by atoms with Crippen molar-refractivity contribution in [2.75, 3.05) is 16.8 Å². The van der Waals surface area contributed by atoms with E-state index in [9.17, 15) is 4.79 Å². The van der Waals surface area contributed by atoms with Crippen LogP contribution in [0.5, 0.6) is 0 Å². The molecule has 1 amide bonds. The van der Waals surface area contributed by atoms with E-state index in [1.54, 1.807) is 6.20 Å². The van der Waals surface area contributed by atoms with Crippen molar-refractivity contribution < 1.29 is 4.79 Å². The van der Waals surface area contributed by atoms with Crippen molar-refractivity contribution in [1.29, 1.82) is 0 Å². The number of benzene rings is 1. The van der Waals surface area contributed by atoms with Gasteiger partial charge in [-0.25, -0.2) is 4.98 Å². The van der Waals surface area contributed by atoms with Gasteiger partial charge >= 0.3 is 0 Å². The van der Waals surface area contributed by atoms with Gasteiger partial charge in [0.2, 0.25) is 6.41 Å². The molecule has 1 aromatic heterocycles. The Morgan fingerprint density at radius 3 is 2.95 bits per heavy atom. The Balaban J connectivity index is 1.99. The maximum absolute atomic E-state index is 10.4. The second-order valence-corrected chi connectivity index (χ2v) is 4.68. The number of fused-ring (bicyclic) bond motifs is 1. The summed E-state index contributed by atoms with van der Waals surface area (Å²) in [5.41, 5.74) is 2.33. The monoisotopic (exact) mass is 253 g/mol. The van der Waals surface area contributed by atoms with Crippen LogP contribution in [0.1, 0.15) is 12.8 Å². The van der Waals surface area contributed by atoms with Gasteiger partial charge in [-0.1, -0.05) is 12.6 Å². The third-order valence-electron chi connectivity index (χ3n) is 3.45. The second-order valence-electron chi connectivity index (χ2n) is 4.68. The Hall–Kier alpha value is -2.36. The Bertz CT molecular complexity index is 651. The van der Waals surface area contributed by atoms with Crippen molar-refractivity contribution in [3.63, 3.8) is 0 Å². The van der Waals surface area contributed by atoms with E-state index >= 15 is 0 Å². The summed E-state index contributed by atoms with van der Waals surface area (Å²) in [6, 6.07) is 8.12. The molecule has 0 aliphatic carbocycles. The van der Waals surface area contributed by atoms with E-state index in [4.69, 9.17) is 0 Å². The molecule has 1 aliphatic heterocycles. The highest BCUT2D eigenvalue weighted by molar-refractivity contribution is 5.88. The van der Waals surface area contributed by atoms with Crippen molar-refractivity contribution in [2.24, 2.45) is 0 Å². The van der Waals surface area contributed by atoms with E-state index in [1.165, 1.54) is 5.70 Å². The molecule has 1 aromatic carbocycles.